The van der Waals surface area contributed by atoms with Gasteiger partial charge in [-0.2, -0.15) is 0 Å². The Labute approximate surface area is 135 Å². The lowest BCUT2D eigenvalue weighted by Crippen LogP contribution is -2.43. The van der Waals surface area contributed by atoms with Crippen LogP contribution in [0.3, 0.4) is 0 Å². The number of rotatable bonds is 7. The minimum atomic E-state index is -3.63. The monoisotopic (exact) mass is 340 g/mol. The topological polar surface area (TPSA) is 113 Å². The molecule has 7 nitrogen and oxygen atoms in total. The smallest absolute Gasteiger partial charge is 0.329 e. The van der Waals surface area contributed by atoms with Gasteiger partial charge < -0.3 is 10.4 Å². The summed E-state index contributed by atoms with van der Waals surface area (Å²) in [7, 11) is -3.63. The van der Waals surface area contributed by atoms with Gasteiger partial charge >= 0.3 is 5.97 Å². The third kappa shape index (κ3) is 3.89. The number of aliphatic carboxylic acids is 1. The van der Waals surface area contributed by atoms with Crippen molar-refractivity contribution in [3.63, 3.8) is 0 Å². The summed E-state index contributed by atoms with van der Waals surface area (Å²) in [5, 5.41) is 11.5. The normalized spacial score (nSPS) is 17.3. The van der Waals surface area contributed by atoms with Crippen LogP contribution in [0.5, 0.6) is 0 Å². The van der Waals surface area contributed by atoms with Crippen molar-refractivity contribution >= 4 is 21.9 Å². The number of nitrogens with one attached hydrogen (secondary N) is 2. The Kier molecular flexibility index (Phi) is 4.76. The zero-order chi connectivity index (χ0) is 17.3. The van der Waals surface area contributed by atoms with Crippen LogP contribution in [-0.4, -0.2) is 37.0 Å². The molecule has 8 heteroatoms. The predicted octanol–water partition coefficient (Wildman–Crippen LogP) is 1.11. The molecule has 1 amide bonds. The lowest BCUT2D eigenvalue weighted by Gasteiger charge is -2.14. The van der Waals surface area contributed by atoms with Crippen LogP contribution in [0.25, 0.3) is 0 Å². The van der Waals surface area contributed by atoms with Crippen LogP contribution in [0, 0.1) is 0 Å². The highest BCUT2D eigenvalue weighted by atomic mass is 32.2. The Hall–Kier alpha value is -1.93. The molecule has 126 valence electrons. The van der Waals surface area contributed by atoms with Crippen molar-refractivity contribution in [3.8, 4) is 0 Å². The lowest BCUT2D eigenvalue weighted by atomic mass is 10.2. The molecule has 0 heterocycles. The Balaban J connectivity index is 2.10. The number of carboxylic acid groups (broad SMARTS) is 1. The van der Waals surface area contributed by atoms with Gasteiger partial charge in [-0.25, -0.2) is 17.9 Å². The van der Waals surface area contributed by atoms with Crippen LogP contribution in [0.2, 0.25) is 0 Å². The van der Waals surface area contributed by atoms with E-state index >= 15 is 0 Å². The van der Waals surface area contributed by atoms with E-state index in [2.05, 4.69) is 10.0 Å². The number of hydrogen-bond donors (Lipinski definition) is 3. The first-order valence-electron chi connectivity index (χ1n) is 7.38. The van der Waals surface area contributed by atoms with Crippen LogP contribution >= 0.6 is 0 Å². The van der Waals surface area contributed by atoms with Crippen LogP contribution in [-0.2, 0) is 14.8 Å². The van der Waals surface area contributed by atoms with Gasteiger partial charge in [-0.05, 0) is 50.5 Å². The number of benzene rings is 1. The van der Waals surface area contributed by atoms with Crippen molar-refractivity contribution in [1.82, 2.24) is 10.0 Å². The van der Waals surface area contributed by atoms with E-state index in [-0.39, 0.29) is 16.5 Å². The van der Waals surface area contributed by atoms with Gasteiger partial charge in [-0.15, -0.1) is 0 Å². The quantitative estimate of drug-likeness (QED) is 0.688. The summed E-state index contributed by atoms with van der Waals surface area (Å²) in [5.41, 5.74) is -0.944. The lowest BCUT2D eigenvalue weighted by molar-refractivity contribution is -0.140. The molecule has 1 fully saturated rings. The van der Waals surface area contributed by atoms with Crippen molar-refractivity contribution in [2.45, 2.75) is 49.6 Å². The molecule has 0 aromatic heterocycles. The first-order chi connectivity index (χ1) is 10.7. The summed E-state index contributed by atoms with van der Waals surface area (Å²) in [6.45, 7) is 3.64. The third-order valence-corrected chi connectivity index (χ3v) is 5.51. The van der Waals surface area contributed by atoms with Gasteiger partial charge in [0.25, 0.3) is 5.91 Å². The average molecular weight is 340 g/mol. The second-order valence-corrected chi connectivity index (χ2v) is 7.51. The van der Waals surface area contributed by atoms with Gasteiger partial charge in [0.1, 0.15) is 5.54 Å². The Morgan fingerprint density at radius 2 is 1.83 bits per heavy atom. The minimum Gasteiger partial charge on any atom is -0.480 e. The standard InChI is InChI=1S/C15H20N2O5S/c1-3-10(2)17-23(21,22)12-6-4-11(5-7-12)13(18)16-15(8-9-15)14(19)20/h4-7,10,17H,3,8-9H2,1-2H3,(H,16,18)(H,19,20). The van der Waals surface area contributed by atoms with Crippen LogP contribution in [0.1, 0.15) is 43.5 Å². The Bertz CT molecular complexity index is 708. The van der Waals surface area contributed by atoms with Crippen molar-refractivity contribution in [2.75, 3.05) is 0 Å². The highest BCUT2D eigenvalue weighted by molar-refractivity contribution is 7.89. The van der Waals surface area contributed by atoms with Crippen molar-refractivity contribution in [1.29, 1.82) is 0 Å². The summed E-state index contributed by atoms with van der Waals surface area (Å²) >= 11 is 0. The SMILES string of the molecule is CCC(C)NS(=O)(=O)c1ccc(C(=O)NC2(C(=O)O)CC2)cc1. The highest BCUT2D eigenvalue weighted by Crippen LogP contribution is 2.35. The number of carbonyl (C=O) groups excluding carboxylic acids is 1. The molecule has 0 spiro atoms. The first kappa shape index (κ1) is 17.4. The van der Waals surface area contributed by atoms with E-state index in [0.717, 1.165) is 0 Å². The van der Waals surface area contributed by atoms with Gasteiger partial charge in [0.05, 0.1) is 4.90 Å². The molecule has 0 aliphatic heterocycles. The molecule has 1 aromatic carbocycles. The average Bonchev–Trinajstić information content (AvgIpc) is 3.27. The maximum absolute atomic E-state index is 12.1. The maximum atomic E-state index is 12.1. The summed E-state index contributed by atoms with van der Waals surface area (Å²) in [5.74, 6) is -1.58. The van der Waals surface area contributed by atoms with Crippen LogP contribution in [0.15, 0.2) is 29.2 Å². The Morgan fingerprint density at radius 3 is 2.26 bits per heavy atom. The van der Waals surface area contributed by atoms with Crippen molar-refractivity contribution < 1.29 is 23.1 Å². The maximum Gasteiger partial charge on any atom is 0.329 e. The number of carbonyl (C=O) groups is 2. The zero-order valence-electron chi connectivity index (χ0n) is 13.0. The molecule has 1 aromatic rings. The van der Waals surface area contributed by atoms with Gasteiger partial charge in [-0.3, -0.25) is 4.79 Å². The summed E-state index contributed by atoms with van der Waals surface area (Å²) < 4.78 is 26.8. The van der Waals surface area contributed by atoms with Crippen LogP contribution in [0.4, 0.5) is 0 Å². The van der Waals surface area contributed by atoms with E-state index in [1.165, 1.54) is 24.3 Å². The fourth-order valence-electron chi connectivity index (χ4n) is 2.01. The third-order valence-electron chi connectivity index (χ3n) is 3.91. The largest absolute Gasteiger partial charge is 0.480 e. The molecular formula is C15H20N2O5S. The molecule has 1 unspecified atom stereocenters. The molecule has 0 saturated heterocycles. The molecule has 3 N–H and O–H groups in total. The fraction of sp³-hybridized carbons (Fsp3) is 0.467. The highest BCUT2D eigenvalue weighted by Gasteiger charge is 2.51. The first-order valence-corrected chi connectivity index (χ1v) is 8.87. The van der Waals surface area contributed by atoms with E-state index in [1.54, 1.807) is 6.92 Å². The van der Waals surface area contributed by atoms with Gasteiger partial charge in [0, 0.05) is 11.6 Å². The fourth-order valence-corrected chi connectivity index (χ4v) is 3.34. The van der Waals surface area contributed by atoms with E-state index in [0.29, 0.717) is 19.3 Å². The number of carboxylic acids is 1. The molecule has 23 heavy (non-hydrogen) atoms. The molecule has 1 aliphatic rings. The molecule has 1 atom stereocenters. The molecule has 1 aliphatic carbocycles. The molecule has 0 radical (unpaired) electrons. The minimum absolute atomic E-state index is 0.0636. The second-order valence-electron chi connectivity index (χ2n) is 5.80. The summed E-state index contributed by atoms with van der Waals surface area (Å²) in [6, 6.07) is 5.23. The Morgan fingerprint density at radius 1 is 1.26 bits per heavy atom. The molecular weight excluding hydrogens is 320 g/mol. The summed E-state index contributed by atoms with van der Waals surface area (Å²) in [6.07, 6.45) is 1.47. The van der Waals surface area contributed by atoms with Crippen molar-refractivity contribution in [3.05, 3.63) is 29.8 Å². The summed E-state index contributed by atoms with van der Waals surface area (Å²) in [4.78, 5) is 23.2. The molecule has 1 saturated carbocycles. The van der Waals surface area contributed by atoms with E-state index in [9.17, 15) is 18.0 Å². The predicted molar refractivity (Wildman–Crippen MR) is 83.6 cm³/mol. The molecule has 0 bridgehead atoms. The number of amides is 1. The van der Waals surface area contributed by atoms with Crippen LogP contribution < -0.4 is 10.0 Å². The molecule has 2 rings (SSSR count). The van der Waals surface area contributed by atoms with Crippen molar-refractivity contribution in [2.24, 2.45) is 0 Å². The zero-order valence-corrected chi connectivity index (χ0v) is 13.8. The van der Waals surface area contributed by atoms with E-state index in [4.69, 9.17) is 5.11 Å². The number of sulfonamides is 1. The van der Waals surface area contributed by atoms with E-state index < -0.39 is 27.4 Å². The van der Waals surface area contributed by atoms with Gasteiger partial charge in [0.2, 0.25) is 10.0 Å². The number of hydrogen-bond acceptors (Lipinski definition) is 4. The van der Waals surface area contributed by atoms with Gasteiger partial charge in [-0.1, -0.05) is 6.92 Å². The van der Waals surface area contributed by atoms with Gasteiger partial charge in [0.15, 0.2) is 0 Å². The second kappa shape index (κ2) is 6.29. The van der Waals surface area contributed by atoms with E-state index in [1.807, 2.05) is 6.92 Å².